The van der Waals surface area contributed by atoms with Crippen molar-refractivity contribution in [1.29, 1.82) is 0 Å². The van der Waals surface area contributed by atoms with Gasteiger partial charge >= 0.3 is 0 Å². The molecule has 0 heterocycles. The molecule has 0 spiro atoms. The van der Waals surface area contributed by atoms with E-state index in [1.807, 2.05) is 5.43 Å². The number of hydrazine groups is 1. The molecule has 0 aromatic heterocycles. The van der Waals surface area contributed by atoms with Crippen LogP contribution < -0.4 is 16.6 Å². The predicted molar refractivity (Wildman–Crippen MR) is 55.9 cm³/mol. The van der Waals surface area contributed by atoms with Crippen molar-refractivity contribution >= 4 is 11.8 Å². The summed E-state index contributed by atoms with van der Waals surface area (Å²) in [7, 11) is 1.57. The highest BCUT2D eigenvalue weighted by atomic mass is 16.2. The Balaban J connectivity index is 2.72. The lowest BCUT2D eigenvalue weighted by molar-refractivity contribution is -0.120. The molecule has 0 bridgehead atoms. The average molecular weight is 207 g/mol. The van der Waals surface area contributed by atoms with E-state index in [2.05, 4.69) is 5.32 Å². The summed E-state index contributed by atoms with van der Waals surface area (Å²) in [4.78, 5) is 22.1. The molecule has 5 nitrogen and oxygen atoms in total. The fourth-order valence-corrected chi connectivity index (χ4v) is 1.15. The fraction of sp³-hybridized carbons (Fsp3) is 0.200. The first-order chi connectivity index (χ1) is 7.17. The summed E-state index contributed by atoms with van der Waals surface area (Å²) >= 11 is 0. The van der Waals surface area contributed by atoms with Crippen molar-refractivity contribution in [2.45, 2.75) is 6.42 Å². The molecular formula is C10H13N3O2. The fourth-order valence-electron chi connectivity index (χ4n) is 1.15. The summed E-state index contributed by atoms with van der Waals surface area (Å²) in [5.74, 6) is 4.55. The van der Waals surface area contributed by atoms with Crippen LogP contribution in [0.2, 0.25) is 0 Å². The van der Waals surface area contributed by atoms with Gasteiger partial charge in [0.2, 0.25) is 5.91 Å². The number of nitrogens with one attached hydrogen (secondary N) is 2. The van der Waals surface area contributed by atoms with Gasteiger partial charge in [-0.15, -0.1) is 0 Å². The molecule has 1 aromatic carbocycles. The number of carbonyl (C=O) groups excluding carboxylic acids is 2. The van der Waals surface area contributed by atoms with E-state index in [1.165, 1.54) is 0 Å². The Bertz CT molecular complexity index is 359. The highest BCUT2D eigenvalue weighted by Crippen LogP contribution is 2.04. The largest absolute Gasteiger partial charge is 0.355 e. The first-order valence-electron chi connectivity index (χ1n) is 4.48. The van der Waals surface area contributed by atoms with E-state index in [4.69, 9.17) is 5.84 Å². The molecule has 15 heavy (non-hydrogen) atoms. The van der Waals surface area contributed by atoms with Crippen molar-refractivity contribution in [3.05, 3.63) is 35.4 Å². The maximum atomic E-state index is 11.2. The van der Waals surface area contributed by atoms with Crippen molar-refractivity contribution in [1.82, 2.24) is 10.7 Å². The molecule has 0 aliphatic heterocycles. The summed E-state index contributed by atoms with van der Waals surface area (Å²) in [5, 5.41) is 2.51. The summed E-state index contributed by atoms with van der Waals surface area (Å²) in [5.41, 5.74) is 3.42. The Hall–Kier alpha value is -1.88. The van der Waals surface area contributed by atoms with Gasteiger partial charge < -0.3 is 5.32 Å². The minimum atomic E-state index is -0.261. The lowest BCUT2D eigenvalue weighted by atomic mass is 10.1. The Morgan fingerprint density at radius 3 is 2.33 bits per heavy atom. The van der Waals surface area contributed by atoms with Gasteiger partial charge in [-0.2, -0.15) is 0 Å². The molecule has 2 amide bonds. The van der Waals surface area contributed by atoms with Crippen molar-refractivity contribution in [3.63, 3.8) is 0 Å². The van der Waals surface area contributed by atoms with Crippen LogP contribution in [0.15, 0.2) is 24.3 Å². The second kappa shape index (κ2) is 5.11. The Kier molecular flexibility index (Phi) is 3.82. The minimum absolute atomic E-state index is 0.148. The van der Waals surface area contributed by atoms with Gasteiger partial charge in [-0.25, -0.2) is 5.84 Å². The monoisotopic (exact) mass is 207 g/mol. The van der Waals surface area contributed by atoms with E-state index in [1.54, 1.807) is 31.3 Å². The van der Waals surface area contributed by atoms with E-state index < -0.39 is 0 Å². The molecule has 0 fully saturated rings. The molecule has 0 unspecified atom stereocenters. The van der Waals surface area contributed by atoms with Crippen LogP contribution in [-0.2, 0) is 11.2 Å². The van der Waals surface area contributed by atoms with Gasteiger partial charge in [0, 0.05) is 12.6 Å². The van der Waals surface area contributed by atoms with E-state index in [9.17, 15) is 9.59 Å². The van der Waals surface area contributed by atoms with Crippen molar-refractivity contribution in [3.8, 4) is 0 Å². The van der Waals surface area contributed by atoms with Crippen LogP contribution in [0.4, 0.5) is 0 Å². The maximum Gasteiger partial charge on any atom is 0.251 e. The van der Waals surface area contributed by atoms with Gasteiger partial charge in [-0.1, -0.05) is 12.1 Å². The van der Waals surface area contributed by atoms with E-state index >= 15 is 0 Å². The van der Waals surface area contributed by atoms with Gasteiger partial charge in [0.25, 0.3) is 5.91 Å². The second-order valence-electron chi connectivity index (χ2n) is 3.02. The Labute approximate surface area is 87.6 Å². The molecule has 1 aromatic rings. The Morgan fingerprint density at radius 1 is 1.27 bits per heavy atom. The number of carbonyl (C=O) groups is 2. The van der Waals surface area contributed by atoms with Crippen LogP contribution in [0, 0.1) is 0 Å². The number of rotatable bonds is 3. The third-order valence-corrected chi connectivity index (χ3v) is 1.97. The lowest BCUT2D eigenvalue weighted by Crippen LogP contribution is -2.31. The molecule has 0 aliphatic rings. The van der Waals surface area contributed by atoms with Crippen LogP contribution in [0.3, 0.4) is 0 Å². The van der Waals surface area contributed by atoms with Gasteiger partial charge in [-0.05, 0) is 17.7 Å². The highest BCUT2D eigenvalue weighted by molar-refractivity contribution is 5.94. The lowest BCUT2D eigenvalue weighted by Gasteiger charge is -2.02. The maximum absolute atomic E-state index is 11.2. The number of benzene rings is 1. The zero-order valence-electron chi connectivity index (χ0n) is 8.41. The summed E-state index contributed by atoms with van der Waals surface area (Å²) in [6.07, 6.45) is 0.213. The summed E-state index contributed by atoms with van der Waals surface area (Å²) in [6.45, 7) is 0. The number of amides is 2. The Morgan fingerprint density at radius 2 is 1.87 bits per heavy atom. The van der Waals surface area contributed by atoms with Crippen molar-refractivity contribution < 1.29 is 9.59 Å². The van der Waals surface area contributed by atoms with Crippen LogP contribution in [0.1, 0.15) is 15.9 Å². The first-order valence-corrected chi connectivity index (χ1v) is 4.48. The first kappa shape index (κ1) is 11.2. The van der Waals surface area contributed by atoms with Gasteiger partial charge in [0.05, 0.1) is 6.42 Å². The predicted octanol–water partition coefficient (Wildman–Crippen LogP) is -0.421. The summed E-state index contributed by atoms with van der Waals surface area (Å²) < 4.78 is 0. The summed E-state index contributed by atoms with van der Waals surface area (Å²) in [6, 6.07) is 6.77. The van der Waals surface area contributed by atoms with E-state index in [0.29, 0.717) is 5.56 Å². The topological polar surface area (TPSA) is 84.2 Å². The van der Waals surface area contributed by atoms with Crippen molar-refractivity contribution in [2.75, 3.05) is 7.05 Å². The molecule has 1 rings (SSSR count). The standard InChI is InChI=1S/C10H13N3O2/c1-12-10(15)8-4-2-7(3-5-8)6-9(14)13-11/h2-5H,6,11H2,1H3,(H,12,15)(H,13,14). The van der Waals surface area contributed by atoms with Crippen LogP contribution in [0.25, 0.3) is 0 Å². The molecule has 0 saturated carbocycles. The van der Waals surface area contributed by atoms with Crippen molar-refractivity contribution in [2.24, 2.45) is 5.84 Å². The average Bonchev–Trinajstić information content (AvgIpc) is 2.29. The normalized spacial score (nSPS) is 9.47. The molecule has 4 N–H and O–H groups in total. The number of nitrogens with two attached hydrogens (primary N) is 1. The van der Waals surface area contributed by atoms with Crippen LogP contribution in [-0.4, -0.2) is 18.9 Å². The molecular weight excluding hydrogens is 194 g/mol. The highest BCUT2D eigenvalue weighted by Gasteiger charge is 2.04. The number of hydrogen-bond donors (Lipinski definition) is 3. The van der Waals surface area contributed by atoms with Gasteiger partial charge in [-0.3, -0.25) is 15.0 Å². The second-order valence-corrected chi connectivity index (χ2v) is 3.02. The third-order valence-electron chi connectivity index (χ3n) is 1.97. The zero-order chi connectivity index (χ0) is 11.3. The smallest absolute Gasteiger partial charge is 0.251 e. The van der Waals surface area contributed by atoms with Crippen LogP contribution >= 0.6 is 0 Å². The zero-order valence-corrected chi connectivity index (χ0v) is 8.41. The van der Waals surface area contributed by atoms with Gasteiger partial charge in [0.1, 0.15) is 0 Å². The molecule has 0 saturated heterocycles. The molecule has 0 radical (unpaired) electrons. The molecule has 5 heteroatoms. The number of hydrogen-bond acceptors (Lipinski definition) is 3. The van der Waals surface area contributed by atoms with E-state index in [-0.39, 0.29) is 18.2 Å². The quantitative estimate of drug-likeness (QED) is 0.357. The third kappa shape index (κ3) is 3.07. The minimum Gasteiger partial charge on any atom is -0.355 e. The molecule has 0 aliphatic carbocycles. The van der Waals surface area contributed by atoms with E-state index in [0.717, 1.165) is 5.56 Å². The molecule has 80 valence electrons. The SMILES string of the molecule is CNC(=O)c1ccc(CC(=O)NN)cc1. The van der Waals surface area contributed by atoms with Crippen LogP contribution in [0.5, 0.6) is 0 Å². The molecule has 0 atom stereocenters. The van der Waals surface area contributed by atoms with Gasteiger partial charge in [0.15, 0.2) is 0 Å².